The predicted molar refractivity (Wildman–Crippen MR) is 106 cm³/mol. The molecule has 0 fully saturated rings. The van der Waals surface area contributed by atoms with Crippen LogP contribution in [0.4, 0.5) is 5.82 Å². The largest absolute Gasteiger partial charge is 0.467 e. The summed E-state index contributed by atoms with van der Waals surface area (Å²) in [6.07, 6.45) is 1.15. The Hall–Kier alpha value is -3.64. The second kappa shape index (κ2) is 7.07. The van der Waals surface area contributed by atoms with E-state index in [0.29, 0.717) is 34.9 Å². The van der Waals surface area contributed by atoms with E-state index in [1.807, 2.05) is 39.1 Å². The van der Waals surface area contributed by atoms with Crippen molar-refractivity contribution < 1.29 is 9.57 Å². The minimum atomic E-state index is -0.381. The number of nitrogens with two attached hydrogens (primary N) is 1. The highest BCUT2D eigenvalue weighted by Crippen LogP contribution is 2.35. The third-order valence-corrected chi connectivity index (χ3v) is 4.77. The lowest BCUT2D eigenvalue weighted by Gasteiger charge is -2.23. The smallest absolute Gasteiger partial charge is 0.258 e. The molecule has 9 heteroatoms. The Morgan fingerprint density at radius 3 is 2.86 bits per heavy atom. The van der Waals surface area contributed by atoms with Gasteiger partial charge in [0.25, 0.3) is 5.88 Å². The molecule has 1 atom stereocenters. The molecule has 2 N–H and O–H groups in total. The van der Waals surface area contributed by atoms with Crippen molar-refractivity contribution in [3.8, 4) is 29.0 Å². The number of ether oxygens (including phenoxy) is 1. The summed E-state index contributed by atoms with van der Waals surface area (Å²) >= 11 is 0. The molecular weight excluding hydrogens is 370 g/mol. The van der Waals surface area contributed by atoms with Crippen LogP contribution in [0.15, 0.2) is 24.4 Å². The maximum atomic E-state index is 9.64. The van der Waals surface area contributed by atoms with Gasteiger partial charge in [-0.05, 0) is 26.0 Å². The van der Waals surface area contributed by atoms with Crippen molar-refractivity contribution in [1.82, 2.24) is 24.8 Å². The van der Waals surface area contributed by atoms with Gasteiger partial charge in [0.15, 0.2) is 11.6 Å². The molecule has 9 nitrogen and oxygen atoms in total. The number of aryl methyl sites for hydroxylation is 2. The van der Waals surface area contributed by atoms with Gasteiger partial charge in [-0.3, -0.25) is 4.68 Å². The number of nitriles is 1. The fourth-order valence-corrected chi connectivity index (χ4v) is 3.39. The van der Waals surface area contributed by atoms with Gasteiger partial charge < -0.3 is 15.3 Å². The number of aromatic nitrogens is 4. The lowest BCUT2D eigenvalue weighted by Crippen LogP contribution is -2.24. The zero-order chi connectivity index (χ0) is 20.7. The van der Waals surface area contributed by atoms with Gasteiger partial charge in [0.2, 0.25) is 0 Å². The van der Waals surface area contributed by atoms with Crippen molar-refractivity contribution in [1.29, 1.82) is 5.26 Å². The summed E-state index contributed by atoms with van der Waals surface area (Å²) in [7, 11) is 3.53. The first-order chi connectivity index (χ1) is 13.9. The average Bonchev–Trinajstić information content (AvgIpc) is 2.98. The van der Waals surface area contributed by atoms with Gasteiger partial charge >= 0.3 is 0 Å². The molecule has 29 heavy (non-hydrogen) atoms. The summed E-state index contributed by atoms with van der Waals surface area (Å²) in [5.41, 5.74) is 10.0. The maximum Gasteiger partial charge on any atom is 0.258 e. The molecule has 1 aromatic carbocycles. The summed E-state index contributed by atoms with van der Waals surface area (Å²) in [5.74, 6) is 1.04. The van der Waals surface area contributed by atoms with Crippen molar-refractivity contribution in [3.05, 3.63) is 46.9 Å². The molecule has 0 saturated carbocycles. The van der Waals surface area contributed by atoms with Crippen LogP contribution in [0.5, 0.6) is 11.6 Å². The van der Waals surface area contributed by atoms with Gasteiger partial charge in [-0.1, -0.05) is 11.6 Å². The van der Waals surface area contributed by atoms with E-state index >= 15 is 0 Å². The first kappa shape index (κ1) is 18.7. The molecule has 0 spiro atoms. The second-order valence-corrected chi connectivity index (χ2v) is 7.03. The van der Waals surface area contributed by atoms with Crippen LogP contribution in [0.25, 0.3) is 11.3 Å². The molecule has 3 aromatic rings. The Balaban J connectivity index is 1.93. The van der Waals surface area contributed by atoms with Crippen LogP contribution in [-0.2, 0) is 13.6 Å². The minimum absolute atomic E-state index is 0.175. The van der Waals surface area contributed by atoms with E-state index in [4.69, 9.17) is 15.3 Å². The average molecular weight is 391 g/mol. The minimum Gasteiger partial charge on any atom is -0.467 e. The van der Waals surface area contributed by atoms with E-state index in [1.165, 1.54) is 10.9 Å². The van der Waals surface area contributed by atoms with Gasteiger partial charge in [0.05, 0.1) is 29.7 Å². The van der Waals surface area contributed by atoms with Crippen molar-refractivity contribution >= 4 is 5.82 Å². The molecule has 148 valence electrons. The summed E-state index contributed by atoms with van der Waals surface area (Å²) in [4.78, 5) is 14.9. The number of nitrogen functional groups attached to an aromatic ring is 1. The number of nitrogens with zero attached hydrogens (tertiary/aromatic N) is 6. The monoisotopic (exact) mass is 391 g/mol. The third-order valence-electron chi connectivity index (χ3n) is 4.77. The molecule has 1 aliphatic rings. The van der Waals surface area contributed by atoms with E-state index in [2.05, 4.69) is 21.1 Å². The summed E-state index contributed by atoms with van der Waals surface area (Å²) in [6.45, 7) is 4.25. The van der Waals surface area contributed by atoms with Gasteiger partial charge in [-0.2, -0.15) is 10.4 Å². The molecule has 3 heterocycles. The zero-order valence-electron chi connectivity index (χ0n) is 16.7. The molecule has 4 rings (SSSR count). The molecule has 0 aliphatic carbocycles. The number of benzene rings is 1. The van der Waals surface area contributed by atoms with Crippen LogP contribution in [0.1, 0.15) is 35.5 Å². The van der Waals surface area contributed by atoms with Crippen molar-refractivity contribution in [2.75, 3.05) is 12.8 Å². The Morgan fingerprint density at radius 1 is 1.31 bits per heavy atom. The SMILES string of the molecule is Cc1ccc2c(c1)[C@@H](C)Oc1nc(cnc1N)-c1c(nn(C)c1C#N)CN(C)O2. The Kier molecular flexibility index (Phi) is 4.56. The molecule has 0 saturated heterocycles. The summed E-state index contributed by atoms with van der Waals surface area (Å²) < 4.78 is 7.59. The first-order valence-electron chi connectivity index (χ1n) is 9.12. The Bertz CT molecular complexity index is 1130. The fourth-order valence-electron chi connectivity index (χ4n) is 3.39. The molecular formula is C20H21N7O2. The van der Waals surface area contributed by atoms with E-state index in [0.717, 1.165) is 11.1 Å². The first-order valence-corrected chi connectivity index (χ1v) is 9.12. The van der Waals surface area contributed by atoms with Crippen LogP contribution in [0.2, 0.25) is 0 Å². The molecule has 1 aliphatic heterocycles. The van der Waals surface area contributed by atoms with Crippen molar-refractivity contribution in [2.45, 2.75) is 26.5 Å². The number of anilines is 1. The second-order valence-electron chi connectivity index (χ2n) is 7.03. The molecule has 0 radical (unpaired) electrons. The predicted octanol–water partition coefficient (Wildman–Crippen LogP) is 2.52. The number of hydroxylamine groups is 2. The van der Waals surface area contributed by atoms with Gasteiger partial charge in [-0.15, -0.1) is 5.06 Å². The molecule has 2 bridgehead atoms. The Labute approximate surface area is 168 Å². The van der Waals surface area contributed by atoms with E-state index < -0.39 is 0 Å². The lowest BCUT2D eigenvalue weighted by atomic mass is 10.1. The van der Waals surface area contributed by atoms with Gasteiger partial charge in [-0.25, -0.2) is 9.97 Å². The van der Waals surface area contributed by atoms with E-state index in [9.17, 15) is 5.26 Å². The van der Waals surface area contributed by atoms with Gasteiger partial charge in [0.1, 0.15) is 17.9 Å². The quantitative estimate of drug-likeness (QED) is 0.621. The van der Waals surface area contributed by atoms with Crippen LogP contribution in [-0.4, -0.2) is 31.9 Å². The van der Waals surface area contributed by atoms with Crippen LogP contribution >= 0.6 is 0 Å². The standard InChI is InChI=1S/C20H21N7O2/c1-11-5-6-17-13(7-11)12(2)28-20-19(22)23-9-14(24-20)18-15(10-26(3)29-17)25-27(4)16(18)8-21/h5-7,9,12H,10H2,1-4H3,(H2,22,23)/t12-/m1/s1. The maximum absolute atomic E-state index is 9.64. The molecule has 2 aromatic heterocycles. The lowest BCUT2D eigenvalue weighted by molar-refractivity contribution is -0.0433. The van der Waals surface area contributed by atoms with E-state index in [1.54, 1.807) is 12.1 Å². The van der Waals surface area contributed by atoms with Crippen molar-refractivity contribution in [2.24, 2.45) is 7.05 Å². The fraction of sp³-hybridized carbons (Fsp3) is 0.300. The summed E-state index contributed by atoms with van der Waals surface area (Å²) in [5, 5.41) is 15.8. The normalized spacial score (nSPS) is 16.3. The van der Waals surface area contributed by atoms with Gasteiger partial charge in [0, 0.05) is 19.7 Å². The summed E-state index contributed by atoms with van der Waals surface area (Å²) in [6, 6.07) is 8.07. The highest BCUT2D eigenvalue weighted by atomic mass is 16.7. The number of hydrogen-bond acceptors (Lipinski definition) is 8. The van der Waals surface area contributed by atoms with E-state index in [-0.39, 0.29) is 17.8 Å². The number of fused-ring (bicyclic) bond motifs is 5. The highest BCUT2D eigenvalue weighted by molar-refractivity contribution is 5.69. The molecule has 0 amide bonds. The zero-order valence-corrected chi connectivity index (χ0v) is 16.7. The van der Waals surface area contributed by atoms with Crippen LogP contribution < -0.4 is 15.3 Å². The highest BCUT2D eigenvalue weighted by Gasteiger charge is 2.25. The van der Waals surface area contributed by atoms with Crippen LogP contribution in [0.3, 0.4) is 0 Å². The Morgan fingerprint density at radius 2 is 2.10 bits per heavy atom. The third kappa shape index (κ3) is 3.34. The molecule has 0 unspecified atom stereocenters. The van der Waals surface area contributed by atoms with Crippen LogP contribution in [0, 0.1) is 18.3 Å². The number of rotatable bonds is 0. The van der Waals surface area contributed by atoms with Crippen molar-refractivity contribution in [3.63, 3.8) is 0 Å². The number of hydrogen-bond donors (Lipinski definition) is 1. The topological polar surface area (TPSA) is 115 Å².